The van der Waals surface area contributed by atoms with Crippen LogP contribution in [-0.4, -0.2) is 39.0 Å². The average molecular weight is 400 g/mol. The summed E-state index contributed by atoms with van der Waals surface area (Å²) in [7, 11) is 0. The standard InChI is InChI=1S/C17H19Cl2N3O4/c1-17(2,9-25-14(23)7-8-18)15(24)16(22-11-20-10-21-22)26-13-5-3-12(19)4-6-13/h3-6,10-11,16H,7-9H2,1-2H3. The number of aromatic nitrogens is 3. The van der Waals surface area contributed by atoms with Gasteiger partial charge in [-0.2, -0.15) is 5.10 Å². The highest BCUT2D eigenvalue weighted by molar-refractivity contribution is 6.30. The van der Waals surface area contributed by atoms with Crippen molar-refractivity contribution in [1.29, 1.82) is 0 Å². The highest BCUT2D eigenvalue weighted by Gasteiger charge is 2.38. The summed E-state index contributed by atoms with van der Waals surface area (Å²) < 4.78 is 12.3. The largest absolute Gasteiger partial charge is 0.465 e. The highest BCUT2D eigenvalue weighted by Crippen LogP contribution is 2.28. The Hall–Kier alpha value is -2.12. The van der Waals surface area contributed by atoms with Crippen molar-refractivity contribution in [3.05, 3.63) is 41.9 Å². The van der Waals surface area contributed by atoms with Gasteiger partial charge < -0.3 is 9.47 Å². The number of hydrogen-bond acceptors (Lipinski definition) is 6. The first-order valence-electron chi connectivity index (χ1n) is 7.86. The molecule has 2 aromatic rings. The minimum Gasteiger partial charge on any atom is -0.465 e. The van der Waals surface area contributed by atoms with Crippen LogP contribution in [0.5, 0.6) is 5.75 Å². The highest BCUT2D eigenvalue weighted by atomic mass is 35.5. The molecule has 0 amide bonds. The molecule has 140 valence electrons. The Balaban J connectivity index is 2.17. The number of esters is 1. The monoisotopic (exact) mass is 399 g/mol. The van der Waals surface area contributed by atoms with Crippen molar-refractivity contribution in [3.8, 4) is 5.75 Å². The van der Waals surface area contributed by atoms with Crippen LogP contribution < -0.4 is 4.74 Å². The Morgan fingerprint density at radius 1 is 1.27 bits per heavy atom. The van der Waals surface area contributed by atoms with E-state index in [1.807, 2.05) is 0 Å². The molecule has 26 heavy (non-hydrogen) atoms. The second kappa shape index (κ2) is 9.00. The van der Waals surface area contributed by atoms with Crippen LogP contribution in [0.25, 0.3) is 0 Å². The lowest BCUT2D eigenvalue weighted by Crippen LogP contribution is -2.39. The summed E-state index contributed by atoms with van der Waals surface area (Å²) in [6, 6.07) is 6.59. The zero-order valence-electron chi connectivity index (χ0n) is 14.4. The van der Waals surface area contributed by atoms with E-state index >= 15 is 0 Å². The van der Waals surface area contributed by atoms with Gasteiger partial charge in [-0.3, -0.25) is 9.59 Å². The van der Waals surface area contributed by atoms with Crippen LogP contribution in [0.4, 0.5) is 0 Å². The number of carbonyl (C=O) groups is 2. The lowest BCUT2D eigenvalue weighted by Gasteiger charge is -2.28. The molecule has 0 aliphatic carbocycles. The number of alkyl halides is 1. The van der Waals surface area contributed by atoms with Crippen molar-refractivity contribution in [2.45, 2.75) is 26.5 Å². The molecule has 0 spiro atoms. The van der Waals surface area contributed by atoms with Gasteiger partial charge in [0.25, 0.3) is 6.23 Å². The summed E-state index contributed by atoms with van der Waals surface area (Å²) in [6.45, 7) is 3.23. The van der Waals surface area contributed by atoms with Crippen LogP contribution in [0.3, 0.4) is 0 Å². The van der Waals surface area contributed by atoms with Gasteiger partial charge in [0.05, 0.1) is 11.8 Å². The molecule has 0 aliphatic rings. The first kappa shape index (κ1) is 20.2. The quantitative estimate of drug-likeness (QED) is 0.475. The molecule has 0 saturated heterocycles. The van der Waals surface area contributed by atoms with Crippen molar-refractivity contribution in [3.63, 3.8) is 0 Å². The van der Waals surface area contributed by atoms with Gasteiger partial charge >= 0.3 is 5.97 Å². The maximum Gasteiger partial charge on any atom is 0.307 e. The number of carbonyl (C=O) groups excluding carboxylic acids is 2. The van der Waals surface area contributed by atoms with Crippen molar-refractivity contribution >= 4 is 35.0 Å². The maximum absolute atomic E-state index is 13.0. The van der Waals surface area contributed by atoms with E-state index in [1.165, 1.54) is 17.3 Å². The molecule has 9 heteroatoms. The molecular formula is C17H19Cl2N3O4. The van der Waals surface area contributed by atoms with E-state index in [0.717, 1.165) is 0 Å². The van der Waals surface area contributed by atoms with E-state index in [-0.39, 0.29) is 24.7 Å². The number of benzene rings is 1. The molecule has 0 radical (unpaired) electrons. The van der Waals surface area contributed by atoms with Crippen LogP contribution in [0, 0.1) is 5.41 Å². The zero-order chi connectivity index (χ0) is 19.2. The zero-order valence-corrected chi connectivity index (χ0v) is 15.9. The normalized spacial score (nSPS) is 12.5. The third-order valence-corrected chi connectivity index (χ3v) is 3.96. The number of Topliss-reactive ketones (excluding diaryl/α,β-unsaturated/α-hetero) is 1. The lowest BCUT2D eigenvalue weighted by molar-refractivity contribution is -0.152. The molecule has 1 unspecified atom stereocenters. The third-order valence-electron chi connectivity index (χ3n) is 3.52. The van der Waals surface area contributed by atoms with Crippen LogP contribution in [-0.2, 0) is 14.3 Å². The maximum atomic E-state index is 13.0. The molecule has 1 aromatic heterocycles. The molecule has 2 rings (SSSR count). The number of halogens is 2. The molecule has 0 aliphatic heterocycles. The smallest absolute Gasteiger partial charge is 0.307 e. The van der Waals surface area contributed by atoms with Gasteiger partial charge in [-0.25, -0.2) is 9.67 Å². The van der Waals surface area contributed by atoms with E-state index in [4.69, 9.17) is 32.7 Å². The van der Waals surface area contributed by atoms with Gasteiger partial charge in [-0.05, 0) is 38.1 Å². The molecular weight excluding hydrogens is 381 g/mol. The van der Waals surface area contributed by atoms with E-state index < -0.39 is 17.6 Å². The fourth-order valence-electron chi connectivity index (χ4n) is 2.02. The SMILES string of the molecule is CC(C)(COC(=O)CCCl)C(=O)C(Oc1ccc(Cl)cc1)n1cncn1. The summed E-state index contributed by atoms with van der Waals surface area (Å²) >= 11 is 11.4. The molecule has 0 bridgehead atoms. The Kier molecular flexibility index (Phi) is 6.99. The molecule has 7 nitrogen and oxygen atoms in total. The fraction of sp³-hybridized carbons (Fsp3) is 0.412. The average Bonchev–Trinajstić information content (AvgIpc) is 3.13. The number of ether oxygens (including phenoxy) is 2. The summed E-state index contributed by atoms with van der Waals surface area (Å²) in [5, 5.41) is 4.55. The Bertz CT molecular complexity index is 733. The third kappa shape index (κ3) is 5.44. The fourth-order valence-corrected chi connectivity index (χ4v) is 2.30. The van der Waals surface area contributed by atoms with Crippen LogP contribution in [0.15, 0.2) is 36.9 Å². The van der Waals surface area contributed by atoms with E-state index in [0.29, 0.717) is 10.8 Å². The van der Waals surface area contributed by atoms with Gasteiger partial charge in [0.2, 0.25) is 5.78 Å². The molecule has 0 N–H and O–H groups in total. The molecule has 1 atom stereocenters. The second-order valence-corrected chi connectivity index (χ2v) is 6.96. The van der Waals surface area contributed by atoms with Gasteiger partial charge in [-0.15, -0.1) is 11.6 Å². The van der Waals surface area contributed by atoms with Crippen LogP contribution in [0.2, 0.25) is 5.02 Å². The van der Waals surface area contributed by atoms with Gasteiger partial charge in [-0.1, -0.05) is 11.6 Å². The minimum atomic E-state index is -1.07. The van der Waals surface area contributed by atoms with E-state index in [1.54, 1.807) is 38.1 Å². The Morgan fingerprint density at radius 3 is 2.54 bits per heavy atom. The predicted octanol–water partition coefficient (Wildman–Crippen LogP) is 3.28. The first-order valence-corrected chi connectivity index (χ1v) is 8.77. The number of rotatable bonds is 9. The Morgan fingerprint density at radius 2 is 1.96 bits per heavy atom. The van der Waals surface area contributed by atoms with Gasteiger partial charge in [0.1, 0.15) is 25.0 Å². The Labute approximate surface area is 161 Å². The van der Waals surface area contributed by atoms with Gasteiger partial charge in [0, 0.05) is 10.9 Å². The summed E-state index contributed by atoms with van der Waals surface area (Å²) in [4.78, 5) is 28.5. The number of nitrogens with zero attached hydrogens (tertiary/aromatic N) is 3. The molecule has 0 saturated carbocycles. The van der Waals surface area contributed by atoms with Crippen molar-refractivity contribution in [2.75, 3.05) is 12.5 Å². The summed E-state index contributed by atoms with van der Waals surface area (Å²) in [5.41, 5.74) is -1.01. The number of ketones is 1. The first-order chi connectivity index (χ1) is 12.3. The van der Waals surface area contributed by atoms with Crippen molar-refractivity contribution in [1.82, 2.24) is 14.8 Å². The van der Waals surface area contributed by atoms with Crippen LogP contribution in [0.1, 0.15) is 26.5 Å². The van der Waals surface area contributed by atoms with Crippen molar-refractivity contribution in [2.24, 2.45) is 5.41 Å². The van der Waals surface area contributed by atoms with E-state index in [2.05, 4.69) is 10.1 Å². The van der Waals surface area contributed by atoms with Crippen LogP contribution >= 0.6 is 23.2 Å². The molecule has 1 heterocycles. The topological polar surface area (TPSA) is 83.3 Å². The predicted molar refractivity (Wildman–Crippen MR) is 96.2 cm³/mol. The minimum absolute atomic E-state index is 0.0829. The van der Waals surface area contributed by atoms with E-state index in [9.17, 15) is 9.59 Å². The van der Waals surface area contributed by atoms with Gasteiger partial charge in [0.15, 0.2) is 0 Å². The molecule has 0 fully saturated rings. The second-order valence-electron chi connectivity index (χ2n) is 6.15. The number of hydrogen-bond donors (Lipinski definition) is 0. The summed E-state index contributed by atoms with van der Waals surface area (Å²) in [5.74, 6) is -0.180. The molecule has 1 aromatic carbocycles. The van der Waals surface area contributed by atoms with Crippen molar-refractivity contribution < 1.29 is 19.1 Å². The summed E-state index contributed by atoms with van der Waals surface area (Å²) in [6.07, 6.45) is 1.70. The lowest BCUT2D eigenvalue weighted by atomic mass is 9.88.